The summed E-state index contributed by atoms with van der Waals surface area (Å²) in [6, 6.07) is 8.29. The van der Waals surface area contributed by atoms with E-state index in [1.54, 1.807) is 30.5 Å². The molecule has 0 spiro atoms. The summed E-state index contributed by atoms with van der Waals surface area (Å²) in [5, 5.41) is 14.7. The maximum Gasteiger partial charge on any atom is 0.240 e. The number of aromatic amines is 1. The lowest BCUT2D eigenvalue weighted by atomic mass is 10.3. The lowest BCUT2D eigenvalue weighted by Crippen LogP contribution is -2.15. The highest BCUT2D eigenvalue weighted by Crippen LogP contribution is 2.19. The molecule has 1 heterocycles. The van der Waals surface area contributed by atoms with Gasteiger partial charge in [-0.3, -0.25) is 5.10 Å². The molecular weight excluding hydrogens is 240 g/mol. The van der Waals surface area contributed by atoms with Crippen LogP contribution >= 0.6 is 0 Å². The molecule has 0 aliphatic heterocycles. The van der Waals surface area contributed by atoms with Gasteiger partial charge in [0.2, 0.25) is 10.0 Å². The van der Waals surface area contributed by atoms with Gasteiger partial charge in [0.15, 0.2) is 0 Å². The average molecular weight is 252 g/mol. The highest BCUT2D eigenvalue weighted by molar-refractivity contribution is 7.89. The molecule has 0 unspecified atom stereocenters. The molecule has 6 nitrogen and oxygen atoms in total. The standard InChI is InChI=1S/C10H12N4O2S/c11-17(15,16)10-4-2-1-3-9(10)12-7-8-5-6-13-14-8/h1-6,12H,7H2,(H,13,14)(H2,11,15,16). The molecule has 0 bridgehead atoms. The van der Waals surface area contributed by atoms with E-state index in [1.165, 1.54) is 6.07 Å². The number of anilines is 1. The van der Waals surface area contributed by atoms with E-state index >= 15 is 0 Å². The predicted molar refractivity (Wildman–Crippen MR) is 63.7 cm³/mol. The summed E-state index contributed by atoms with van der Waals surface area (Å²) < 4.78 is 22.7. The molecule has 17 heavy (non-hydrogen) atoms. The molecule has 0 fully saturated rings. The Bertz CT molecular complexity index is 593. The first-order valence-electron chi connectivity index (χ1n) is 4.91. The van der Waals surface area contributed by atoms with Crippen molar-refractivity contribution >= 4 is 15.7 Å². The lowest BCUT2D eigenvalue weighted by Gasteiger charge is -2.09. The number of nitrogens with zero attached hydrogens (tertiary/aromatic N) is 1. The Balaban J connectivity index is 2.22. The minimum Gasteiger partial charge on any atom is -0.378 e. The zero-order valence-corrected chi connectivity index (χ0v) is 9.74. The number of hydrogen-bond acceptors (Lipinski definition) is 4. The molecular formula is C10H12N4O2S. The summed E-state index contributed by atoms with van der Waals surface area (Å²) in [5.74, 6) is 0. The molecule has 7 heteroatoms. The largest absolute Gasteiger partial charge is 0.378 e. The van der Waals surface area contributed by atoms with E-state index in [0.29, 0.717) is 12.2 Å². The van der Waals surface area contributed by atoms with Gasteiger partial charge in [0.1, 0.15) is 4.90 Å². The Hall–Kier alpha value is -1.86. The van der Waals surface area contributed by atoms with E-state index in [1.807, 2.05) is 0 Å². The molecule has 0 saturated carbocycles. The van der Waals surface area contributed by atoms with Crippen molar-refractivity contribution in [2.75, 3.05) is 5.32 Å². The highest BCUT2D eigenvalue weighted by Gasteiger charge is 2.12. The van der Waals surface area contributed by atoms with Crippen LogP contribution in [-0.4, -0.2) is 18.6 Å². The Morgan fingerprint density at radius 2 is 2.06 bits per heavy atom. The van der Waals surface area contributed by atoms with Crippen LogP contribution < -0.4 is 10.5 Å². The van der Waals surface area contributed by atoms with Gasteiger partial charge in [0.25, 0.3) is 0 Å². The molecule has 4 N–H and O–H groups in total. The molecule has 90 valence electrons. The van der Waals surface area contributed by atoms with Crippen molar-refractivity contribution in [2.24, 2.45) is 5.14 Å². The van der Waals surface area contributed by atoms with Crippen LogP contribution in [0.3, 0.4) is 0 Å². The van der Waals surface area contributed by atoms with Gasteiger partial charge in [-0.2, -0.15) is 5.10 Å². The van der Waals surface area contributed by atoms with E-state index in [-0.39, 0.29) is 4.90 Å². The first-order valence-corrected chi connectivity index (χ1v) is 6.46. The Morgan fingerprint density at radius 3 is 2.71 bits per heavy atom. The Labute approximate surface area is 98.9 Å². The van der Waals surface area contributed by atoms with Crippen LogP contribution in [0.1, 0.15) is 5.69 Å². The van der Waals surface area contributed by atoms with Crippen LogP contribution in [0.2, 0.25) is 0 Å². The fourth-order valence-corrected chi connectivity index (χ4v) is 2.15. The summed E-state index contributed by atoms with van der Waals surface area (Å²) in [5.41, 5.74) is 1.33. The van der Waals surface area contributed by atoms with Gasteiger partial charge >= 0.3 is 0 Å². The number of aromatic nitrogens is 2. The van der Waals surface area contributed by atoms with Gasteiger partial charge in [0.05, 0.1) is 17.9 Å². The summed E-state index contributed by atoms with van der Waals surface area (Å²) >= 11 is 0. The minimum absolute atomic E-state index is 0.0829. The van der Waals surface area contributed by atoms with E-state index in [2.05, 4.69) is 15.5 Å². The first-order chi connectivity index (χ1) is 8.07. The quantitative estimate of drug-likeness (QED) is 0.744. The smallest absolute Gasteiger partial charge is 0.240 e. The number of primary sulfonamides is 1. The van der Waals surface area contributed by atoms with Crippen LogP contribution in [0, 0.1) is 0 Å². The number of nitrogens with one attached hydrogen (secondary N) is 2. The highest BCUT2D eigenvalue weighted by atomic mass is 32.2. The lowest BCUT2D eigenvalue weighted by molar-refractivity contribution is 0.598. The van der Waals surface area contributed by atoms with E-state index < -0.39 is 10.0 Å². The third-order valence-electron chi connectivity index (χ3n) is 2.22. The van der Waals surface area contributed by atoms with Crippen molar-refractivity contribution in [3.63, 3.8) is 0 Å². The van der Waals surface area contributed by atoms with E-state index in [4.69, 9.17) is 5.14 Å². The third kappa shape index (κ3) is 2.83. The second-order valence-electron chi connectivity index (χ2n) is 3.48. The zero-order valence-electron chi connectivity index (χ0n) is 8.92. The number of hydrogen-bond donors (Lipinski definition) is 3. The van der Waals surface area contributed by atoms with Gasteiger partial charge in [-0.25, -0.2) is 13.6 Å². The molecule has 1 aromatic heterocycles. The van der Waals surface area contributed by atoms with Gasteiger partial charge in [0, 0.05) is 6.20 Å². The van der Waals surface area contributed by atoms with Crippen LogP contribution in [0.5, 0.6) is 0 Å². The number of H-pyrrole nitrogens is 1. The zero-order chi connectivity index (χ0) is 12.3. The number of sulfonamides is 1. The normalized spacial score (nSPS) is 11.4. The monoisotopic (exact) mass is 252 g/mol. The van der Waals surface area contributed by atoms with Crippen LogP contribution in [0.25, 0.3) is 0 Å². The van der Waals surface area contributed by atoms with Crippen molar-refractivity contribution < 1.29 is 8.42 Å². The molecule has 0 amide bonds. The van der Waals surface area contributed by atoms with Crippen molar-refractivity contribution in [1.82, 2.24) is 10.2 Å². The fraction of sp³-hybridized carbons (Fsp3) is 0.100. The number of nitrogens with two attached hydrogens (primary N) is 1. The van der Waals surface area contributed by atoms with Gasteiger partial charge in [-0.05, 0) is 18.2 Å². The number of benzene rings is 1. The summed E-state index contributed by atoms with van der Waals surface area (Å²) in [6.07, 6.45) is 1.63. The van der Waals surface area contributed by atoms with Gasteiger partial charge in [-0.1, -0.05) is 12.1 Å². The third-order valence-corrected chi connectivity index (χ3v) is 3.19. The topological polar surface area (TPSA) is 101 Å². The molecule has 0 atom stereocenters. The van der Waals surface area contributed by atoms with Crippen LogP contribution in [-0.2, 0) is 16.6 Å². The molecule has 2 aromatic rings. The molecule has 0 aliphatic rings. The maximum atomic E-state index is 11.3. The predicted octanol–water partition coefficient (Wildman–Crippen LogP) is 0.669. The average Bonchev–Trinajstić information content (AvgIpc) is 2.78. The Morgan fingerprint density at radius 1 is 1.29 bits per heavy atom. The van der Waals surface area contributed by atoms with Crippen molar-refractivity contribution in [3.8, 4) is 0 Å². The minimum atomic E-state index is -3.71. The second-order valence-corrected chi connectivity index (χ2v) is 5.01. The van der Waals surface area contributed by atoms with E-state index in [0.717, 1.165) is 5.69 Å². The molecule has 2 rings (SSSR count). The van der Waals surface area contributed by atoms with Crippen molar-refractivity contribution in [1.29, 1.82) is 0 Å². The molecule has 1 aromatic carbocycles. The van der Waals surface area contributed by atoms with Crippen LogP contribution in [0.15, 0.2) is 41.4 Å². The van der Waals surface area contributed by atoms with Crippen molar-refractivity contribution in [2.45, 2.75) is 11.4 Å². The van der Waals surface area contributed by atoms with Crippen molar-refractivity contribution in [3.05, 3.63) is 42.2 Å². The fourth-order valence-electron chi connectivity index (χ4n) is 1.43. The number of para-hydroxylation sites is 1. The molecule has 0 radical (unpaired) electrons. The number of rotatable bonds is 4. The summed E-state index contributed by atoms with van der Waals surface area (Å²) in [6.45, 7) is 0.451. The van der Waals surface area contributed by atoms with Gasteiger partial charge < -0.3 is 5.32 Å². The van der Waals surface area contributed by atoms with E-state index in [9.17, 15) is 8.42 Å². The SMILES string of the molecule is NS(=O)(=O)c1ccccc1NCc1ccn[nH]1. The maximum absolute atomic E-state index is 11.3. The summed E-state index contributed by atoms with van der Waals surface area (Å²) in [7, 11) is -3.71. The molecule has 0 saturated heterocycles. The second kappa shape index (κ2) is 4.56. The Kier molecular flexibility index (Phi) is 3.12. The first kappa shape index (κ1) is 11.6. The van der Waals surface area contributed by atoms with Gasteiger partial charge in [-0.15, -0.1) is 0 Å². The molecule has 0 aliphatic carbocycles. The van der Waals surface area contributed by atoms with Crippen LogP contribution in [0.4, 0.5) is 5.69 Å². The summed E-state index contributed by atoms with van der Waals surface area (Å²) in [4.78, 5) is 0.0829.